The molecule has 0 unspecified atom stereocenters. The fourth-order valence-corrected chi connectivity index (χ4v) is 4.71. The highest BCUT2D eigenvalue weighted by Crippen LogP contribution is 2.68. The first-order valence-electron chi connectivity index (χ1n) is 6.25. The minimum atomic E-state index is 0.439. The third-order valence-corrected chi connectivity index (χ3v) is 5.82. The predicted octanol–water partition coefficient (Wildman–Crippen LogP) is 4.17. The average Bonchev–Trinajstić information content (AvgIpc) is 2.71. The van der Waals surface area contributed by atoms with Crippen LogP contribution in [-0.4, -0.2) is 0 Å². The van der Waals surface area contributed by atoms with Gasteiger partial charge in [0.15, 0.2) is 0 Å². The zero-order valence-electron chi connectivity index (χ0n) is 9.60. The molecule has 0 aliphatic heterocycles. The van der Waals surface area contributed by atoms with E-state index in [1.54, 1.807) is 5.57 Å². The van der Waals surface area contributed by atoms with Gasteiger partial charge in [0.2, 0.25) is 0 Å². The highest BCUT2D eigenvalue weighted by Gasteiger charge is 2.57. The summed E-state index contributed by atoms with van der Waals surface area (Å²) in [6, 6.07) is 0. The lowest BCUT2D eigenvalue weighted by Crippen LogP contribution is -2.38. The van der Waals surface area contributed by atoms with E-state index in [0.29, 0.717) is 5.41 Å². The molecule has 0 aromatic rings. The first-order valence-corrected chi connectivity index (χ1v) is 6.25. The lowest BCUT2D eigenvalue weighted by Gasteiger charge is -2.47. The second-order valence-corrected chi connectivity index (χ2v) is 6.49. The Labute approximate surface area is 87.8 Å². The zero-order chi connectivity index (χ0) is 9.97. The summed E-state index contributed by atoms with van der Waals surface area (Å²) in [5.41, 5.74) is 2.77. The maximum absolute atomic E-state index is 4.45. The van der Waals surface area contributed by atoms with Gasteiger partial charge in [-0.3, -0.25) is 0 Å². The van der Waals surface area contributed by atoms with Gasteiger partial charge in [-0.05, 0) is 54.8 Å². The van der Waals surface area contributed by atoms with Gasteiger partial charge in [0, 0.05) is 0 Å². The number of allylic oxidation sites excluding steroid dienone is 1. The van der Waals surface area contributed by atoms with E-state index in [1.807, 2.05) is 0 Å². The molecule has 3 saturated carbocycles. The molecule has 3 aliphatic carbocycles. The van der Waals surface area contributed by atoms with E-state index in [9.17, 15) is 0 Å². The minimum Gasteiger partial charge on any atom is -0.0990 e. The summed E-state index contributed by atoms with van der Waals surface area (Å²) in [6.07, 6.45) is 8.90. The molecule has 0 aromatic carbocycles. The van der Waals surface area contributed by atoms with Crippen molar-refractivity contribution in [1.82, 2.24) is 0 Å². The largest absolute Gasteiger partial charge is 0.0990 e. The van der Waals surface area contributed by atoms with Gasteiger partial charge in [-0.2, -0.15) is 0 Å². The predicted molar refractivity (Wildman–Crippen MR) is 60.0 cm³/mol. The standard InChI is InChI=1S/C14H22/c1-10-12-5-4-7-14(12)8-6-11(9-14)13(10,2)3/h11-12H,1,4-9H2,2-3H3/t11-,12-,14+/m1/s1. The van der Waals surface area contributed by atoms with Crippen molar-refractivity contribution in [3.8, 4) is 0 Å². The van der Waals surface area contributed by atoms with E-state index < -0.39 is 0 Å². The molecule has 0 nitrogen and oxygen atoms in total. The first-order chi connectivity index (χ1) is 6.56. The number of rotatable bonds is 0. The molecule has 0 N–H and O–H groups in total. The minimum absolute atomic E-state index is 0.439. The smallest absolute Gasteiger partial charge is 0.0116 e. The van der Waals surface area contributed by atoms with Crippen LogP contribution in [0.5, 0.6) is 0 Å². The highest BCUT2D eigenvalue weighted by atomic mass is 14.6. The van der Waals surface area contributed by atoms with Crippen molar-refractivity contribution in [3.05, 3.63) is 12.2 Å². The number of hydrogen-bond acceptors (Lipinski definition) is 0. The quantitative estimate of drug-likeness (QED) is 0.503. The van der Waals surface area contributed by atoms with Crippen LogP contribution in [0.25, 0.3) is 0 Å². The van der Waals surface area contributed by atoms with Crippen molar-refractivity contribution in [2.24, 2.45) is 22.7 Å². The van der Waals surface area contributed by atoms with Gasteiger partial charge < -0.3 is 0 Å². The normalized spacial score (nSPS) is 49.4. The molecule has 0 saturated heterocycles. The second kappa shape index (κ2) is 2.46. The van der Waals surface area contributed by atoms with Crippen LogP contribution >= 0.6 is 0 Å². The topological polar surface area (TPSA) is 0 Å². The van der Waals surface area contributed by atoms with Gasteiger partial charge in [0.1, 0.15) is 0 Å². The van der Waals surface area contributed by atoms with Crippen LogP contribution in [0.2, 0.25) is 0 Å². The average molecular weight is 190 g/mol. The van der Waals surface area contributed by atoms with Crippen molar-refractivity contribution < 1.29 is 0 Å². The van der Waals surface area contributed by atoms with Crippen LogP contribution in [-0.2, 0) is 0 Å². The van der Waals surface area contributed by atoms with Gasteiger partial charge in [0.25, 0.3) is 0 Å². The van der Waals surface area contributed by atoms with Crippen LogP contribution in [0, 0.1) is 22.7 Å². The highest BCUT2D eigenvalue weighted by molar-refractivity contribution is 5.25. The summed E-state index contributed by atoms with van der Waals surface area (Å²) < 4.78 is 0. The van der Waals surface area contributed by atoms with Crippen LogP contribution in [0.3, 0.4) is 0 Å². The van der Waals surface area contributed by atoms with E-state index >= 15 is 0 Å². The molecular formula is C14H22. The van der Waals surface area contributed by atoms with Crippen molar-refractivity contribution in [2.75, 3.05) is 0 Å². The number of hydrogen-bond donors (Lipinski definition) is 0. The number of fused-ring (bicyclic) bond motifs is 1. The van der Waals surface area contributed by atoms with E-state index in [0.717, 1.165) is 17.3 Å². The summed E-state index contributed by atoms with van der Waals surface area (Å²) in [5.74, 6) is 1.83. The lowest BCUT2D eigenvalue weighted by atomic mass is 9.58. The van der Waals surface area contributed by atoms with Crippen molar-refractivity contribution in [2.45, 2.75) is 52.4 Å². The maximum Gasteiger partial charge on any atom is -0.0116 e. The van der Waals surface area contributed by atoms with E-state index in [4.69, 9.17) is 0 Å². The van der Waals surface area contributed by atoms with Crippen molar-refractivity contribution >= 4 is 0 Å². The first kappa shape index (κ1) is 9.00. The van der Waals surface area contributed by atoms with Gasteiger partial charge >= 0.3 is 0 Å². The molecule has 78 valence electrons. The van der Waals surface area contributed by atoms with Crippen LogP contribution in [0.4, 0.5) is 0 Å². The van der Waals surface area contributed by atoms with Gasteiger partial charge in [0.05, 0.1) is 0 Å². The van der Waals surface area contributed by atoms with Gasteiger partial charge in [-0.15, -0.1) is 0 Å². The van der Waals surface area contributed by atoms with Crippen LogP contribution in [0.15, 0.2) is 12.2 Å². The SMILES string of the molecule is C=C1[C@H]2CCC[C@@]23CC[C@H](C3)C1(C)C. The van der Waals surface area contributed by atoms with Crippen LogP contribution < -0.4 is 0 Å². The monoisotopic (exact) mass is 190 g/mol. The fraction of sp³-hybridized carbons (Fsp3) is 0.857. The third kappa shape index (κ3) is 0.857. The van der Waals surface area contributed by atoms with E-state index in [2.05, 4.69) is 20.4 Å². The Balaban J connectivity index is 2.06. The fourth-order valence-electron chi connectivity index (χ4n) is 4.71. The van der Waals surface area contributed by atoms with E-state index in [-0.39, 0.29) is 0 Å². The molecule has 14 heavy (non-hydrogen) atoms. The van der Waals surface area contributed by atoms with Crippen LogP contribution in [0.1, 0.15) is 52.4 Å². The van der Waals surface area contributed by atoms with Crippen molar-refractivity contribution in [1.29, 1.82) is 0 Å². The summed E-state index contributed by atoms with van der Waals surface area (Å²) in [6.45, 7) is 9.32. The Kier molecular flexibility index (Phi) is 1.58. The molecule has 3 fully saturated rings. The molecule has 0 heterocycles. The Morgan fingerprint density at radius 2 is 2.00 bits per heavy atom. The Hall–Kier alpha value is -0.260. The van der Waals surface area contributed by atoms with Gasteiger partial charge in [-0.1, -0.05) is 32.4 Å². The lowest BCUT2D eigenvalue weighted by molar-refractivity contribution is 0.119. The summed E-state index contributed by atoms with van der Waals surface area (Å²) in [4.78, 5) is 0. The molecule has 2 bridgehead atoms. The summed E-state index contributed by atoms with van der Waals surface area (Å²) in [5, 5.41) is 0. The molecule has 1 spiro atoms. The molecule has 3 aliphatic rings. The summed E-state index contributed by atoms with van der Waals surface area (Å²) >= 11 is 0. The molecule has 0 radical (unpaired) electrons. The maximum atomic E-state index is 4.45. The molecular weight excluding hydrogens is 168 g/mol. The van der Waals surface area contributed by atoms with Gasteiger partial charge in [-0.25, -0.2) is 0 Å². The summed E-state index contributed by atoms with van der Waals surface area (Å²) in [7, 11) is 0. The molecule has 0 aromatic heterocycles. The molecule has 0 amide bonds. The zero-order valence-corrected chi connectivity index (χ0v) is 9.60. The Morgan fingerprint density at radius 3 is 2.79 bits per heavy atom. The molecule has 3 atom stereocenters. The van der Waals surface area contributed by atoms with E-state index in [1.165, 1.54) is 38.5 Å². The second-order valence-electron chi connectivity index (χ2n) is 6.49. The van der Waals surface area contributed by atoms with Crippen molar-refractivity contribution in [3.63, 3.8) is 0 Å². The molecule has 0 heteroatoms. The molecule has 3 rings (SSSR count). The Morgan fingerprint density at radius 1 is 1.21 bits per heavy atom. The third-order valence-electron chi connectivity index (χ3n) is 5.82. The Bertz CT molecular complexity index is 286.